The fourth-order valence-corrected chi connectivity index (χ4v) is 4.19. The van der Waals surface area contributed by atoms with Crippen molar-refractivity contribution in [3.63, 3.8) is 0 Å². The molecule has 0 amide bonds. The van der Waals surface area contributed by atoms with E-state index >= 15 is 0 Å². The number of alkyl halides is 3. The van der Waals surface area contributed by atoms with E-state index in [1.165, 1.54) is 0 Å². The third-order valence-corrected chi connectivity index (χ3v) is 5.88. The molecule has 1 unspecified atom stereocenters. The van der Waals surface area contributed by atoms with Crippen LogP contribution in [0.3, 0.4) is 0 Å². The zero-order chi connectivity index (χ0) is 22.7. The van der Waals surface area contributed by atoms with Crippen molar-refractivity contribution >= 4 is 28.3 Å². The molecule has 4 rings (SSSR count). The van der Waals surface area contributed by atoms with Gasteiger partial charge in [0.05, 0.1) is 12.7 Å². The van der Waals surface area contributed by atoms with Crippen molar-refractivity contribution in [3.8, 4) is 16.9 Å². The molecule has 0 aliphatic carbocycles. The van der Waals surface area contributed by atoms with Crippen molar-refractivity contribution in [3.05, 3.63) is 65.2 Å². The van der Waals surface area contributed by atoms with Gasteiger partial charge in [0.1, 0.15) is 5.75 Å². The fraction of sp³-hybridized carbons (Fsp3) is 0.320. The van der Waals surface area contributed by atoms with Gasteiger partial charge < -0.3 is 9.47 Å². The summed E-state index contributed by atoms with van der Waals surface area (Å²) in [4.78, 5) is 10.8. The van der Waals surface area contributed by atoms with Gasteiger partial charge in [-0.15, -0.1) is 0 Å². The number of carbonyl (C=O) groups is 1. The van der Waals surface area contributed by atoms with Gasteiger partial charge in [-0.05, 0) is 72.4 Å². The number of fused-ring (bicyclic) bond motifs is 3. The molecule has 1 atom stereocenters. The molecule has 0 N–H and O–H groups in total. The molecule has 7 heteroatoms. The van der Waals surface area contributed by atoms with Crippen LogP contribution in [-0.2, 0) is 16.0 Å². The SMILES string of the molecule is O=C(OCCCCC1CCc2cc(-c3ccc(Cl)cc3)c3ccccc3c2O1)C(F)(F)F. The van der Waals surface area contributed by atoms with Crippen LogP contribution in [0.5, 0.6) is 5.75 Å². The molecule has 0 radical (unpaired) electrons. The first-order valence-corrected chi connectivity index (χ1v) is 10.9. The number of esters is 1. The van der Waals surface area contributed by atoms with Crippen LogP contribution in [0, 0.1) is 0 Å². The molecule has 32 heavy (non-hydrogen) atoms. The van der Waals surface area contributed by atoms with E-state index in [1.54, 1.807) is 0 Å². The topological polar surface area (TPSA) is 35.5 Å². The second kappa shape index (κ2) is 9.41. The van der Waals surface area contributed by atoms with Crippen molar-refractivity contribution in [1.29, 1.82) is 0 Å². The summed E-state index contributed by atoms with van der Waals surface area (Å²) in [5.74, 6) is -1.26. The number of hydrogen-bond donors (Lipinski definition) is 0. The van der Waals surface area contributed by atoms with Crippen LogP contribution < -0.4 is 4.74 Å². The molecule has 0 spiro atoms. The highest BCUT2D eigenvalue weighted by atomic mass is 35.5. The monoisotopic (exact) mass is 462 g/mol. The number of halogens is 4. The van der Waals surface area contributed by atoms with Gasteiger partial charge in [0.25, 0.3) is 0 Å². The molecule has 1 aliphatic heterocycles. The minimum atomic E-state index is -4.94. The van der Waals surface area contributed by atoms with Crippen molar-refractivity contribution in [1.82, 2.24) is 0 Å². The molecular weight excluding hydrogens is 441 g/mol. The Kier molecular flexibility index (Phi) is 6.60. The first-order valence-electron chi connectivity index (χ1n) is 10.5. The van der Waals surface area contributed by atoms with E-state index in [0.29, 0.717) is 24.3 Å². The first-order chi connectivity index (χ1) is 15.3. The lowest BCUT2D eigenvalue weighted by Crippen LogP contribution is -2.26. The van der Waals surface area contributed by atoms with E-state index in [0.717, 1.165) is 46.1 Å². The molecule has 3 nitrogen and oxygen atoms in total. The van der Waals surface area contributed by atoms with E-state index in [1.807, 2.05) is 42.5 Å². The van der Waals surface area contributed by atoms with Crippen molar-refractivity contribution in [2.75, 3.05) is 6.61 Å². The molecule has 0 saturated carbocycles. The summed E-state index contributed by atoms with van der Waals surface area (Å²) in [7, 11) is 0. The van der Waals surface area contributed by atoms with Crippen LogP contribution in [0.1, 0.15) is 31.2 Å². The normalized spacial score (nSPS) is 15.8. The Labute approximate surface area is 189 Å². The highest BCUT2D eigenvalue weighted by Gasteiger charge is 2.40. The first kappa shape index (κ1) is 22.5. The smallest absolute Gasteiger partial charge is 0.489 e. The number of carbonyl (C=O) groups excluding carboxylic acids is 1. The predicted molar refractivity (Wildman–Crippen MR) is 118 cm³/mol. The molecule has 3 aromatic carbocycles. The van der Waals surface area contributed by atoms with E-state index in [2.05, 4.69) is 16.9 Å². The molecule has 1 heterocycles. The zero-order valence-corrected chi connectivity index (χ0v) is 18.0. The maximum Gasteiger partial charge on any atom is 0.490 e. The highest BCUT2D eigenvalue weighted by molar-refractivity contribution is 6.30. The van der Waals surface area contributed by atoms with Gasteiger partial charge in [-0.1, -0.05) is 48.0 Å². The molecule has 168 valence electrons. The van der Waals surface area contributed by atoms with Gasteiger partial charge in [-0.25, -0.2) is 4.79 Å². The summed E-state index contributed by atoms with van der Waals surface area (Å²) in [5.41, 5.74) is 3.36. The minimum Gasteiger partial charge on any atom is -0.489 e. The highest BCUT2D eigenvalue weighted by Crippen LogP contribution is 2.41. The second-order valence-electron chi connectivity index (χ2n) is 7.87. The standard InChI is InChI=1S/C25H22ClF3O3/c26-18-11-8-16(9-12-18)22-15-17-10-13-19(5-3-4-14-31-24(30)25(27,28)29)32-23(17)21-7-2-1-6-20(21)22/h1-2,6-9,11-12,15,19H,3-5,10,13-14H2. The van der Waals surface area contributed by atoms with Crippen molar-refractivity contribution < 1.29 is 27.4 Å². The molecule has 0 aromatic heterocycles. The van der Waals surface area contributed by atoms with Crippen LogP contribution in [0.15, 0.2) is 54.6 Å². The van der Waals surface area contributed by atoms with Crippen molar-refractivity contribution in [2.45, 2.75) is 44.4 Å². The number of ether oxygens (including phenoxy) is 2. The summed E-state index contributed by atoms with van der Waals surface area (Å²) in [5, 5.41) is 2.82. The Bertz CT molecular complexity index is 1110. The van der Waals surface area contributed by atoms with E-state index < -0.39 is 12.1 Å². The lowest BCUT2D eigenvalue weighted by molar-refractivity contribution is -0.199. The lowest BCUT2D eigenvalue weighted by Gasteiger charge is -2.28. The zero-order valence-electron chi connectivity index (χ0n) is 17.3. The van der Waals surface area contributed by atoms with E-state index in [-0.39, 0.29) is 12.7 Å². The van der Waals surface area contributed by atoms with E-state index in [4.69, 9.17) is 16.3 Å². The summed E-state index contributed by atoms with van der Waals surface area (Å²) >= 11 is 6.05. The summed E-state index contributed by atoms with van der Waals surface area (Å²) < 4.78 is 47.1. The third kappa shape index (κ3) is 5.01. The van der Waals surface area contributed by atoms with E-state index in [9.17, 15) is 18.0 Å². The van der Waals surface area contributed by atoms with Crippen LogP contribution in [0.2, 0.25) is 5.02 Å². The average molecular weight is 463 g/mol. The number of aryl methyl sites for hydroxylation is 1. The predicted octanol–water partition coefficient (Wildman–Crippen LogP) is 7.13. The summed E-state index contributed by atoms with van der Waals surface area (Å²) in [6.45, 7) is -0.241. The molecular formula is C25H22ClF3O3. The molecule has 1 aliphatic rings. The van der Waals surface area contributed by atoms with Crippen LogP contribution in [0.4, 0.5) is 13.2 Å². The van der Waals surface area contributed by atoms with Crippen LogP contribution in [-0.4, -0.2) is 24.9 Å². The Morgan fingerprint density at radius 2 is 1.78 bits per heavy atom. The summed E-state index contributed by atoms with van der Waals surface area (Å²) in [6.07, 6.45) is -1.61. The van der Waals surface area contributed by atoms with Gasteiger partial charge in [0.15, 0.2) is 0 Å². The van der Waals surface area contributed by atoms with Gasteiger partial charge in [-0.2, -0.15) is 13.2 Å². The summed E-state index contributed by atoms with van der Waals surface area (Å²) in [6, 6.07) is 18.0. The average Bonchev–Trinajstić information content (AvgIpc) is 2.78. The van der Waals surface area contributed by atoms with Gasteiger partial charge in [0.2, 0.25) is 0 Å². The fourth-order valence-electron chi connectivity index (χ4n) is 4.07. The maximum absolute atomic E-state index is 12.2. The molecule has 0 fully saturated rings. The van der Waals surface area contributed by atoms with Crippen LogP contribution >= 0.6 is 11.6 Å². The van der Waals surface area contributed by atoms with Crippen LogP contribution in [0.25, 0.3) is 21.9 Å². The molecule has 0 saturated heterocycles. The quantitative estimate of drug-likeness (QED) is 0.289. The van der Waals surface area contributed by atoms with Gasteiger partial charge >= 0.3 is 12.1 Å². The van der Waals surface area contributed by atoms with Crippen molar-refractivity contribution in [2.24, 2.45) is 0 Å². The Morgan fingerprint density at radius 1 is 1.06 bits per heavy atom. The van der Waals surface area contributed by atoms with Gasteiger partial charge in [0, 0.05) is 10.4 Å². The number of hydrogen-bond acceptors (Lipinski definition) is 3. The number of rotatable bonds is 6. The minimum absolute atomic E-state index is 0.0226. The third-order valence-electron chi connectivity index (χ3n) is 5.63. The molecule has 0 bridgehead atoms. The second-order valence-corrected chi connectivity index (χ2v) is 8.31. The van der Waals surface area contributed by atoms with Gasteiger partial charge in [-0.3, -0.25) is 0 Å². The largest absolute Gasteiger partial charge is 0.490 e. The maximum atomic E-state index is 12.2. The number of benzene rings is 3. The lowest BCUT2D eigenvalue weighted by atomic mass is 9.90. The Hall–Kier alpha value is -2.73. The Balaban J connectivity index is 1.45. The number of unbranched alkanes of at least 4 members (excludes halogenated alkanes) is 1. The Morgan fingerprint density at radius 3 is 2.50 bits per heavy atom. The molecule has 3 aromatic rings.